The van der Waals surface area contributed by atoms with Crippen molar-refractivity contribution in [2.75, 3.05) is 31.6 Å². The van der Waals surface area contributed by atoms with Crippen molar-refractivity contribution in [2.45, 2.75) is 37.7 Å². The topological polar surface area (TPSA) is 67.9 Å². The van der Waals surface area contributed by atoms with Crippen LogP contribution in [0, 0.1) is 11.7 Å². The SMILES string of the molecule is O=C1COc2cc(F)c(C(=O)N3CC(COC4CCC(F)(F)CC4)C3)cc2N1. The maximum Gasteiger partial charge on any atom is 0.262 e. The number of nitrogens with zero attached hydrogens (tertiary/aromatic N) is 1. The van der Waals surface area contributed by atoms with Crippen LogP contribution in [0.1, 0.15) is 36.0 Å². The lowest BCUT2D eigenvalue weighted by Gasteiger charge is -2.40. The predicted octanol–water partition coefficient (Wildman–Crippen LogP) is 2.82. The molecule has 152 valence electrons. The third-order valence-corrected chi connectivity index (χ3v) is 5.41. The van der Waals surface area contributed by atoms with Crippen molar-refractivity contribution >= 4 is 17.5 Å². The van der Waals surface area contributed by atoms with E-state index >= 15 is 0 Å². The standard InChI is InChI=1S/C19H21F3N2O4/c20-14-6-16-15(23-17(25)10-28-16)5-13(14)18(26)24-7-11(8-24)9-27-12-1-3-19(21,22)4-2-12/h5-6,11-12H,1-4,7-10H2,(H,23,25). The summed E-state index contributed by atoms with van der Waals surface area (Å²) < 4.78 is 51.4. The molecule has 0 spiro atoms. The first-order valence-electron chi connectivity index (χ1n) is 9.36. The third kappa shape index (κ3) is 3.94. The van der Waals surface area contributed by atoms with Crippen molar-refractivity contribution in [2.24, 2.45) is 5.92 Å². The van der Waals surface area contributed by atoms with Crippen LogP contribution < -0.4 is 10.1 Å². The van der Waals surface area contributed by atoms with Crippen molar-refractivity contribution in [3.63, 3.8) is 0 Å². The number of likely N-dealkylation sites (tertiary alicyclic amines) is 1. The maximum atomic E-state index is 14.3. The molecular weight excluding hydrogens is 377 g/mol. The molecule has 3 aliphatic rings. The molecule has 6 nitrogen and oxygen atoms in total. The minimum atomic E-state index is -2.58. The van der Waals surface area contributed by atoms with Crippen molar-refractivity contribution in [3.05, 3.63) is 23.5 Å². The highest BCUT2D eigenvalue weighted by atomic mass is 19.3. The minimum absolute atomic E-state index is 0.107. The van der Waals surface area contributed by atoms with Crippen molar-refractivity contribution in [1.82, 2.24) is 4.90 Å². The lowest BCUT2D eigenvalue weighted by molar-refractivity contribution is -0.118. The van der Waals surface area contributed by atoms with Gasteiger partial charge in [-0.2, -0.15) is 0 Å². The Morgan fingerprint density at radius 1 is 1.29 bits per heavy atom. The van der Waals surface area contributed by atoms with E-state index in [2.05, 4.69) is 5.32 Å². The Morgan fingerprint density at radius 2 is 2.00 bits per heavy atom. The molecule has 2 fully saturated rings. The number of carbonyl (C=O) groups is 2. The first-order chi connectivity index (χ1) is 13.3. The second-order valence-corrected chi connectivity index (χ2v) is 7.63. The van der Waals surface area contributed by atoms with Crippen LogP contribution in [0.2, 0.25) is 0 Å². The molecule has 9 heteroatoms. The summed E-state index contributed by atoms with van der Waals surface area (Å²) in [4.78, 5) is 25.4. The lowest BCUT2D eigenvalue weighted by atomic mass is 9.93. The summed E-state index contributed by atoms with van der Waals surface area (Å²) in [5, 5.41) is 2.55. The number of rotatable bonds is 4. The van der Waals surface area contributed by atoms with Gasteiger partial charge in [0.15, 0.2) is 6.61 Å². The van der Waals surface area contributed by atoms with Crippen LogP contribution in [-0.4, -0.2) is 55.0 Å². The van der Waals surface area contributed by atoms with Crippen molar-refractivity contribution < 1.29 is 32.2 Å². The molecule has 0 radical (unpaired) electrons. The van der Waals surface area contributed by atoms with Gasteiger partial charge in [-0.05, 0) is 18.9 Å². The summed E-state index contributed by atoms with van der Waals surface area (Å²) >= 11 is 0. The Labute approximate surface area is 160 Å². The van der Waals surface area contributed by atoms with Crippen molar-refractivity contribution in [1.29, 1.82) is 0 Å². The first-order valence-corrected chi connectivity index (χ1v) is 9.36. The number of alkyl halides is 2. The third-order valence-electron chi connectivity index (χ3n) is 5.41. The average Bonchev–Trinajstić information content (AvgIpc) is 2.61. The van der Waals surface area contributed by atoms with E-state index in [0.717, 1.165) is 6.07 Å². The predicted molar refractivity (Wildman–Crippen MR) is 93.1 cm³/mol. The van der Waals surface area contributed by atoms with Gasteiger partial charge in [-0.3, -0.25) is 9.59 Å². The minimum Gasteiger partial charge on any atom is -0.481 e. The second-order valence-electron chi connectivity index (χ2n) is 7.63. The van der Waals surface area contributed by atoms with Gasteiger partial charge in [0.1, 0.15) is 11.6 Å². The fourth-order valence-electron chi connectivity index (χ4n) is 3.73. The van der Waals surface area contributed by atoms with Gasteiger partial charge >= 0.3 is 0 Å². The molecule has 1 saturated carbocycles. The molecule has 1 saturated heterocycles. The van der Waals surface area contributed by atoms with E-state index < -0.39 is 17.6 Å². The van der Waals surface area contributed by atoms with Crippen LogP contribution in [0.5, 0.6) is 5.75 Å². The Kier molecular flexibility index (Phi) is 4.95. The van der Waals surface area contributed by atoms with Crippen LogP contribution in [0.15, 0.2) is 12.1 Å². The van der Waals surface area contributed by atoms with E-state index in [1.807, 2.05) is 0 Å². The number of amides is 2. The smallest absolute Gasteiger partial charge is 0.262 e. The molecule has 1 N–H and O–H groups in total. The summed E-state index contributed by atoms with van der Waals surface area (Å²) in [6.45, 7) is 1.05. The van der Waals surface area contributed by atoms with Gasteiger partial charge in [0.25, 0.3) is 11.8 Å². The number of hydrogen-bond acceptors (Lipinski definition) is 4. The summed E-state index contributed by atoms with van der Waals surface area (Å²) in [7, 11) is 0. The molecule has 28 heavy (non-hydrogen) atoms. The van der Waals surface area contributed by atoms with Crippen LogP contribution in [-0.2, 0) is 9.53 Å². The highest BCUT2D eigenvalue weighted by molar-refractivity contribution is 6.00. The molecule has 1 aliphatic carbocycles. The molecule has 0 unspecified atom stereocenters. The summed E-state index contributed by atoms with van der Waals surface area (Å²) in [6, 6.07) is 2.39. The molecule has 4 rings (SSSR count). The van der Waals surface area contributed by atoms with Crippen LogP contribution in [0.3, 0.4) is 0 Å². The van der Waals surface area contributed by atoms with E-state index in [-0.39, 0.29) is 54.4 Å². The first kappa shape index (κ1) is 19.0. The number of ether oxygens (including phenoxy) is 2. The number of carbonyl (C=O) groups excluding carboxylic acids is 2. The summed E-state index contributed by atoms with van der Waals surface area (Å²) in [5.41, 5.74) is 0.147. The van der Waals surface area contributed by atoms with E-state index in [4.69, 9.17) is 9.47 Å². The average molecular weight is 398 g/mol. The van der Waals surface area contributed by atoms with E-state index in [1.54, 1.807) is 0 Å². The number of halogens is 3. The van der Waals surface area contributed by atoms with Crippen LogP contribution in [0.25, 0.3) is 0 Å². The fourth-order valence-corrected chi connectivity index (χ4v) is 3.73. The highest BCUT2D eigenvalue weighted by Crippen LogP contribution is 2.35. The molecule has 0 bridgehead atoms. The quantitative estimate of drug-likeness (QED) is 0.847. The number of nitrogens with one attached hydrogen (secondary N) is 1. The van der Waals surface area contributed by atoms with E-state index in [1.165, 1.54) is 11.0 Å². The molecule has 0 aromatic heterocycles. The van der Waals surface area contributed by atoms with Gasteiger partial charge in [-0.25, -0.2) is 13.2 Å². The molecule has 1 aromatic carbocycles. The largest absolute Gasteiger partial charge is 0.481 e. The highest BCUT2D eigenvalue weighted by Gasteiger charge is 2.37. The summed E-state index contributed by atoms with van der Waals surface area (Å²) in [6.07, 6.45) is 0.230. The number of anilines is 1. The zero-order valence-electron chi connectivity index (χ0n) is 15.2. The molecular formula is C19H21F3N2O4. The molecule has 2 aliphatic heterocycles. The van der Waals surface area contributed by atoms with E-state index in [9.17, 15) is 22.8 Å². The normalized spacial score (nSPS) is 22.1. The zero-order valence-corrected chi connectivity index (χ0v) is 15.2. The molecule has 0 atom stereocenters. The Morgan fingerprint density at radius 3 is 2.71 bits per heavy atom. The number of fused-ring (bicyclic) bond motifs is 1. The monoisotopic (exact) mass is 398 g/mol. The number of benzene rings is 1. The lowest BCUT2D eigenvalue weighted by Crippen LogP contribution is -2.52. The van der Waals surface area contributed by atoms with Gasteiger partial charge < -0.3 is 19.7 Å². The molecule has 1 aromatic rings. The van der Waals surface area contributed by atoms with Gasteiger partial charge in [-0.15, -0.1) is 0 Å². The van der Waals surface area contributed by atoms with Gasteiger partial charge in [0, 0.05) is 37.9 Å². The van der Waals surface area contributed by atoms with Crippen LogP contribution >= 0.6 is 0 Å². The van der Waals surface area contributed by atoms with E-state index in [0.29, 0.717) is 32.5 Å². The van der Waals surface area contributed by atoms with Gasteiger partial charge in [0.2, 0.25) is 5.92 Å². The fraction of sp³-hybridized carbons (Fsp3) is 0.579. The Hall–Kier alpha value is -2.29. The molecule has 2 amide bonds. The maximum absolute atomic E-state index is 14.3. The van der Waals surface area contributed by atoms with Crippen molar-refractivity contribution in [3.8, 4) is 5.75 Å². The number of hydrogen-bond donors (Lipinski definition) is 1. The summed E-state index contributed by atoms with van der Waals surface area (Å²) in [5.74, 6) is -3.81. The molecule has 2 heterocycles. The second kappa shape index (κ2) is 7.27. The van der Waals surface area contributed by atoms with Gasteiger partial charge in [-0.1, -0.05) is 0 Å². The zero-order chi connectivity index (χ0) is 19.9. The van der Waals surface area contributed by atoms with Gasteiger partial charge in [0.05, 0.1) is 24.0 Å². The van der Waals surface area contributed by atoms with Crippen LogP contribution in [0.4, 0.5) is 18.9 Å². The Balaban J connectivity index is 1.28. The Bertz CT molecular complexity index is 786.